The maximum absolute atomic E-state index is 11.9. The van der Waals surface area contributed by atoms with Gasteiger partial charge in [-0.1, -0.05) is 13.8 Å². The van der Waals surface area contributed by atoms with Crippen LogP contribution in [0, 0.1) is 5.92 Å². The monoisotopic (exact) mass is 272 g/mol. The minimum Gasteiger partial charge on any atom is -0.481 e. The highest BCUT2D eigenvalue weighted by molar-refractivity contribution is 5.78. The summed E-state index contributed by atoms with van der Waals surface area (Å²) in [5.74, 6) is -1.48. The molecule has 19 heavy (non-hydrogen) atoms. The summed E-state index contributed by atoms with van der Waals surface area (Å²) in [7, 11) is 1.77. The van der Waals surface area contributed by atoms with Gasteiger partial charge >= 0.3 is 5.97 Å². The molecule has 1 aliphatic heterocycles. The highest BCUT2D eigenvalue weighted by Crippen LogP contribution is 2.18. The van der Waals surface area contributed by atoms with Crippen molar-refractivity contribution in [3.8, 4) is 0 Å². The predicted octanol–water partition coefficient (Wildman–Crippen LogP) is 0.323. The van der Waals surface area contributed by atoms with Crippen LogP contribution in [-0.4, -0.2) is 60.8 Å². The number of carboxylic acid groups (broad SMARTS) is 1. The van der Waals surface area contributed by atoms with Crippen LogP contribution in [0.2, 0.25) is 0 Å². The molecule has 1 aliphatic rings. The minimum atomic E-state index is -0.866. The summed E-state index contributed by atoms with van der Waals surface area (Å²) in [5.41, 5.74) is 0. The van der Waals surface area contributed by atoms with Gasteiger partial charge in [0.15, 0.2) is 0 Å². The lowest BCUT2D eigenvalue weighted by atomic mass is 10.0. The van der Waals surface area contributed by atoms with Gasteiger partial charge in [0, 0.05) is 12.1 Å². The van der Waals surface area contributed by atoms with Crippen LogP contribution in [0.3, 0.4) is 0 Å². The first-order chi connectivity index (χ1) is 8.99. The number of nitrogens with one attached hydrogen (secondary N) is 1. The molecule has 2 atom stereocenters. The Morgan fingerprint density at radius 1 is 1.37 bits per heavy atom. The summed E-state index contributed by atoms with van der Waals surface area (Å²) < 4.78 is 5.20. The molecule has 1 amide bonds. The zero-order chi connectivity index (χ0) is 14.4. The number of likely N-dealkylation sites (N-methyl/N-ethyl adjacent to an activating group) is 1. The maximum Gasteiger partial charge on any atom is 0.310 e. The van der Waals surface area contributed by atoms with Crippen molar-refractivity contribution in [1.29, 1.82) is 0 Å². The highest BCUT2D eigenvalue weighted by atomic mass is 16.5. The lowest BCUT2D eigenvalue weighted by Gasteiger charge is -2.26. The van der Waals surface area contributed by atoms with Crippen LogP contribution in [0.15, 0.2) is 0 Å². The van der Waals surface area contributed by atoms with Crippen LogP contribution >= 0.6 is 0 Å². The average Bonchev–Trinajstić information content (AvgIpc) is 2.85. The molecule has 1 heterocycles. The molecule has 0 aliphatic carbocycles. The Bertz CT molecular complexity index is 318. The predicted molar refractivity (Wildman–Crippen MR) is 70.9 cm³/mol. The van der Waals surface area contributed by atoms with Crippen LogP contribution in [0.1, 0.15) is 26.7 Å². The average molecular weight is 272 g/mol. The van der Waals surface area contributed by atoms with Crippen molar-refractivity contribution in [3.63, 3.8) is 0 Å². The molecule has 1 saturated heterocycles. The molecule has 6 nitrogen and oxygen atoms in total. The molecular weight excluding hydrogens is 248 g/mol. The molecule has 0 aromatic carbocycles. The Morgan fingerprint density at radius 3 is 2.53 bits per heavy atom. The fourth-order valence-electron chi connectivity index (χ4n) is 2.32. The number of hydrogen-bond donors (Lipinski definition) is 2. The van der Waals surface area contributed by atoms with Crippen molar-refractivity contribution in [2.75, 3.05) is 26.8 Å². The largest absolute Gasteiger partial charge is 0.481 e. The van der Waals surface area contributed by atoms with Crippen molar-refractivity contribution in [2.24, 2.45) is 5.92 Å². The standard InChI is InChI=1S/C13H24N2O4/c1-4-9(5-2)14-12(16)6-15(3)11-8-19-7-10(11)13(17)18/h9-11H,4-8H2,1-3H3,(H,14,16)(H,17,18). The quantitative estimate of drug-likeness (QED) is 0.698. The van der Waals surface area contributed by atoms with Crippen LogP contribution < -0.4 is 5.32 Å². The van der Waals surface area contributed by atoms with E-state index in [1.54, 1.807) is 11.9 Å². The van der Waals surface area contributed by atoms with Gasteiger partial charge in [-0.3, -0.25) is 14.5 Å². The number of amides is 1. The molecule has 0 radical (unpaired) electrons. The summed E-state index contributed by atoms with van der Waals surface area (Å²) in [5, 5.41) is 12.0. The van der Waals surface area contributed by atoms with Crippen molar-refractivity contribution in [3.05, 3.63) is 0 Å². The molecule has 1 fully saturated rings. The van der Waals surface area contributed by atoms with E-state index in [9.17, 15) is 9.59 Å². The van der Waals surface area contributed by atoms with E-state index in [0.717, 1.165) is 12.8 Å². The Morgan fingerprint density at radius 2 is 2.00 bits per heavy atom. The summed E-state index contributed by atoms with van der Waals surface area (Å²) in [6, 6.07) is -0.0408. The second-order valence-corrected chi connectivity index (χ2v) is 5.05. The number of carbonyl (C=O) groups is 2. The van der Waals surface area contributed by atoms with Gasteiger partial charge in [-0.05, 0) is 19.9 Å². The topological polar surface area (TPSA) is 78.9 Å². The van der Waals surface area contributed by atoms with E-state index in [1.165, 1.54) is 0 Å². The van der Waals surface area contributed by atoms with Crippen LogP contribution in [0.25, 0.3) is 0 Å². The van der Waals surface area contributed by atoms with Crippen molar-refractivity contribution in [1.82, 2.24) is 10.2 Å². The van der Waals surface area contributed by atoms with Gasteiger partial charge in [0.25, 0.3) is 0 Å². The molecule has 0 spiro atoms. The van der Waals surface area contributed by atoms with Gasteiger partial charge in [-0.2, -0.15) is 0 Å². The zero-order valence-corrected chi connectivity index (χ0v) is 11.9. The first-order valence-electron chi connectivity index (χ1n) is 6.79. The number of ether oxygens (including phenoxy) is 1. The number of nitrogens with zero attached hydrogens (tertiary/aromatic N) is 1. The van der Waals surface area contributed by atoms with E-state index < -0.39 is 11.9 Å². The number of rotatable bonds is 7. The molecule has 2 unspecified atom stereocenters. The Kier molecular flexibility index (Phi) is 6.24. The smallest absolute Gasteiger partial charge is 0.310 e. The van der Waals surface area contributed by atoms with E-state index in [2.05, 4.69) is 5.32 Å². The van der Waals surface area contributed by atoms with Crippen LogP contribution in [0.4, 0.5) is 0 Å². The van der Waals surface area contributed by atoms with E-state index >= 15 is 0 Å². The van der Waals surface area contributed by atoms with Crippen molar-refractivity contribution >= 4 is 11.9 Å². The molecule has 0 bridgehead atoms. The second kappa shape index (κ2) is 7.45. The molecule has 110 valence electrons. The molecule has 0 aromatic heterocycles. The number of aliphatic carboxylic acids is 1. The molecule has 2 N–H and O–H groups in total. The van der Waals surface area contributed by atoms with Gasteiger partial charge in [-0.25, -0.2) is 0 Å². The molecular formula is C13H24N2O4. The second-order valence-electron chi connectivity index (χ2n) is 5.05. The fraction of sp³-hybridized carbons (Fsp3) is 0.846. The Labute approximate surface area is 114 Å². The Balaban J connectivity index is 2.47. The normalized spacial score (nSPS) is 23.0. The summed E-state index contributed by atoms with van der Waals surface area (Å²) in [4.78, 5) is 24.7. The van der Waals surface area contributed by atoms with Crippen molar-refractivity contribution in [2.45, 2.75) is 38.8 Å². The Hall–Kier alpha value is -1.14. The third kappa shape index (κ3) is 4.47. The van der Waals surface area contributed by atoms with E-state index in [0.29, 0.717) is 6.61 Å². The van der Waals surface area contributed by atoms with Crippen LogP contribution in [-0.2, 0) is 14.3 Å². The summed E-state index contributed by atoms with van der Waals surface area (Å²) >= 11 is 0. The number of carboxylic acids is 1. The summed E-state index contributed by atoms with van der Waals surface area (Å²) in [6.45, 7) is 4.85. The van der Waals surface area contributed by atoms with Crippen LogP contribution in [0.5, 0.6) is 0 Å². The zero-order valence-electron chi connectivity index (χ0n) is 11.9. The molecule has 6 heteroatoms. The van der Waals surface area contributed by atoms with Gasteiger partial charge in [0.05, 0.1) is 25.7 Å². The number of hydrogen-bond acceptors (Lipinski definition) is 4. The highest BCUT2D eigenvalue weighted by Gasteiger charge is 2.37. The number of carbonyl (C=O) groups excluding carboxylic acids is 1. The lowest BCUT2D eigenvalue weighted by molar-refractivity contribution is -0.143. The minimum absolute atomic E-state index is 0.0627. The SMILES string of the molecule is CCC(CC)NC(=O)CN(C)C1COCC1C(=O)O. The first kappa shape index (κ1) is 15.9. The maximum atomic E-state index is 11.9. The van der Waals surface area contributed by atoms with Gasteiger partial charge in [-0.15, -0.1) is 0 Å². The van der Waals surface area contributed by atoms with Gasteiger partial charge in [0.2, 0.25) is 5.91 Å². The molecule has 0 saturated carbocycles. The summed E-state index contributed by atoms with van der Waals surface area (Å²) in [6.07, 6.45) is 1.80. The third-order valence-electron chi connectivity index (χ3n) is 3.68. The molecule has 1 rings (SSSR count). The van der Waals surface area contributed by atoms with Crippen molar-refractivity contribution < 1.29 is 19.4 Å². The third-order valence-corrected chi connectivity index (χ3v) is 3.68. The van der Waals surface area contributed by atoms with E-state index in [1.807, 2.05) is 13.8 Å². The van der Waals surface area contributed by atoms with E-state index in [4.69, 9.17) is 9.84 Å². The molecule has 0 aromatic rings. The van der Waals surface area contributed by atoms with Gasteiger partial charge < -0.3 is 15.2 Å². The lowest BCUT2D eigenvalue weighted by Crippen LogP contribution is -2.47. The first-order valence-corrected chi connectivity index (χ1v) is 6.79. The fourth-order valence-corrected chi connectivity index (χ4v) is 2.32. The van der Waals surface area contributed by atoms with E-state index in [-0.39, 0.29) is 31.1 Å². The van der Waals surface area contributed by atoms with Gasteiger partial charge in [0.1, 0.15) is 0 Å².